The van der Waals surface area contributed by atoms with E-state index in [-0.39, 0.29) is 11.2 Å². The molecule has 4 heteroatoms. The van der Waals surface area contributed by atoms with Gasteiger partial charge in [0.25, 0.3) is 0 Å². The van der Waals surface area contributed by atoms with Crippen LogP contribution in [0.25, 0.3) is 0 Å². The summed E-state index contributed by atoms with van der Waals surface area (Å²) in [5.41, 5.74) is -0.231. The first kappa shape index (κ1) is 17.2. The minimum Gasteiger partial charge on any atom is -0.396 e. The van der Waals surface area contributed by atoms with Crippen LogP contribution in [-0.4, -0.2) is 60.0 Å². The SMILES string of the molecule is CCCNC1C(CN2CCC(CO)C2)C(C)(C)OC1(C)C. The molecule has 2 fully saturated rings. The summed E-state index contributed by atoms with van der Waals surface area (Å²) >= 11 is 0. The molecule has 0 amide bonds. The van der Waals surface area contributed by atoms with E-state index in [2.05, 4.69) is 44.8 Å². The van der Waals surface area contributed by atoms with E-state index in [9.17, 15) is 5.11 Å². The fourth-order valence-corrected chi connectivity index (χ4v) is 4.22. The quantitative estimate of drug-likeness (QED) is 0.786. The predicted molar refractivity (Wildman–Crippen MR) is 86.4 cm³/mol. The zero-order valence-corrected chi connectivity index (χ0v) is 14.5. The Hall–Kier alpha value is -0.160. The van der Waals surface area contributed by atoms with Crippen LogP contribution in [0, 0.1) is 11.8 Å². The third-order valence-electron chi connectivity index (χ3n) is 5.27. The highest BCUT2D eigenvalue weighted by Gasteiger charge is 2.53. The Kier molecular flexibility index (Phi) is 5.35. The second-order valence-corrected chi connectivity index (χ2v) is 7.94. The van der Waals surface area contributed by atoms with Crippen molar-refractivity contribution in [3.05, 3.63) is 0 Å². The highest BCUT2D eigenvalue weighted by Crippen LogP contribution is 2.43. The lowest BCUT2D eigenvalue weighted by Crippen LogP contribution is -2.51. The molecule has 21 heavy (non-hydrogen) atoms. The van der Waals surface area contributed by atoms with Gasteiger partial charge in [-0.05, 0) is 59.5 Å². The number of hydrogen-bond acceptors (Lipinski definition) is 4. The molecule has 0 spiro atoms. The summed E-state index contributed by atoms with van der Waals surface area (Å²) < 4.78 is 6.38. The molecular formula is C17H34N2O2. The molecule has 2 aliphatic rings. The summed E-state index contributed by atoms with van der Waals surface area (Å²) in [5, 5.41) is 13.1. The Morgan fingerprint density at radius 2 is 1.95 bits per heavy atom. The van der Waals surface area contributed by atoms with Crippen molar-refractivity contribution in [1.82, 2.24) is 10.2 Å². The maximum atomic E-state index is 9.33. The van der Waals surface area contributed by atoms with Gasteiger partial charge in [0.2, 0.25) is 0 Å². The third-order valence-corrected chi connectivity index (χ3v) is 5.27. The highest BCUT2D eigenvalue weighted by molar-refractivity contribution is 5.06. The van der Waals surface area contributed by atoms with Crippen LogP contribution in [0.15, 0.2) is 0 Å². The molecule has 3 atom stereocenters. The third kappa shape index (κ3) is 3.79. The number of nitrogens with zero attached hydrogens (tertiary/aromatic N) is 1. The molecule has 0 aromatic rings. The summed E-state index contributed by atoms with van der Waals surface area (Å²) in [6.07, 6.45) is 2.27. The first-order chi connectivity index (χ1) is 9.80. The Bertz CT molecular complexity index is 344. The van der Waals surface area contributed by atoms with Crippen LogP contribution in [0.4, 0.5) is 0 Å². The Labute approximate surface area is 130 Å². The molecule has 2 aliphatic heterocycles. The lowest BCUT2D eigenvalue weighted by Gasteiger charge is -2.33. The second kappa shape index (κ2) is 6.53. The normalized spacial score (nSPS) is 35.4. The molecule has 0 radical (unpaired) electrons. The van der Waals surface area contributed by atoms with Crippen molar-refractivity contribution in [1.29, 1.82) is 0 Å². The molecule has 2 rings (SSSR count). The van der Waals surface area contributed by atoms with E-state index in [0.29, 0.717) is 24.5 Å². The Morgan fingerprint density at radius 3 is 2.52 bits per heavy atom. The number of rotatable bonds is 6. The van der Waals surface area contributed by atoms with Gasteiger partial charge in [-0.3, -0.25) is 0 Å². The van der Waals surface area contributed by atoms with E-state index < -0.39 is 0 Å². The molecule has 124 valence electrons. The summed E-state index contributed by atoms with van der Waals surface area (Å²) in [5.74, 6) is 0.946. The van der Waals surface area contributed by atoms with Crippen LogP contribution >= 0.6 is 0 Å². The zero-order valence-electron chi connectivity index (χ0n) is 14.5. The number of hydrogen-bond donors (Lipinski definition) is 2. The fourth-order valence-electron chi connectivity index (χ4n) is 4.22. The van der Waals surface area contributed by atoms with Crippen LogP contribution in [0.1, 0.15) is 47.5 Å². The molecular weight excluding hydrogens is 264 g/mol. The van der Waals surface area contributed by atoms with Crippen molar-refractivity contribution >= 4 is 0 Å². The average molecular weight is 298 g/mol. The number of aliphatic hydroxyl groups excluding tert-OH is 1. The molecule has 0 aromatic carbocycles. The monoisotopic (exact) mass is 298 g/mol. The summed E-state index contributed by atoms with van der Waals surface area (Å²) in [4.78, 5) is 2.51. The Morgan fingerprint density at radius 1 is 1.24 bits per heavy atom. The minimum atomic E-state index is -0.126. The largest absolute Gasteiger partial charge is 0.396 e. The van der Waals surface area contributed by atoms with Crippen LogP contribution in [-0.2, 0) is 4.74 Å². The van der Waals surface area contributed by atoms with E-state index in [0.717, 1.165) is 39.0 Å². The molecule has 0 saturated carbocycles. The maximum absolute atomic E-state index is 9.33. The average Bonchev–Trinajstić information content (AvgIpc) is 2.89. The van der Waals surface area contributed by atoms with Gasteiger partial charge in [-0.15, -0.1) is 0 Å². The van der Waals surface area contributed by atoms with E-state index in [1.165, 1.54) is 0 Å². The smallest absolute Gasteiger partial charge is 0.0790 e. The van der Waals surface area contributed by atoms with Gasteiger partial charge >= 0.3 is 0 Å². The molecule has 0 aromatic heterocycles. The first-order valence-electron chi connectivity index (χ1n) is 8.57. The predicted octanol–water partition coefficient (Wildman–Crippen LogP) is 1.87. The first-order valence-corrected chi connectivity index (χ1v) is 8.57. The molecule has 2 heterocycles. The van der Waals surface area contributed by atoms with Gasteiger partial charge in [0, 0.05) is 31.7 Å². The van der Waals surface area contributed by atoms with Crippen molar-refractivity contribution in [2.24, 2.45) is 11.8 Å². The van der Waals surface area contributed by atoms with Crippen molar-refractivity contribution in [3.63, 3.8) is 0 Å². The van der Waals surface area contributed by atoms with Crippen LogP contribution in [0.2, 0.25) is 0 Å². The Balaban J connectivity index is 2.06. The van der Waals surface area contributed by atoms with Crippen molar-refractivity contribution in [2.45, 2.75) is 64.7 Å². The summed E-state index contributed by atoms with van der Waals surface area (Å²) in [6, 6.07) is 0.389. The van der Waals surface area contributed by atoms with Crippen molar-refractivity contribution < 1.29 is 9.84 Å². The number of nitrogens with one attached hydrogen (secondary N) is 1. The van der Waals surface area contributed by atoms with Gasteiger partial charge in [-0.1, -0.05) is 6.92 Å². The van der Waals surface area contributed by atoms with Crippen LogP contribution < -0.4 is 5.32 Å². The summed E-state index contributed by atoms with van der Waals surface area (Å²) in [7, 11) is 0. The molecule has 4 nitrogen and oxygen atoms in total. The summed E-state index contributed by atoms with van der Waals surface area (Å²) in [6.45, 7) is 15.7. The van der Waals surface area contributed by atoms with Gasteiger partial charge in [-0.2, -0.15) is 0 Å². The lowest BCUT2D eigenvalue weighted by atomic mass is 9.82. The standard InChI is InChI=1S/C17H34N2O2/c1-6-8-18-15-14(16(2,3)21-17(15,4)5)11-19-9-7-13(10-19)12-20/h13-15,18,20H,6-12H2,1-5H3. The zero-order chi connectivity index (χ0) is 15.7. The van der Waals surface area contributed by atoms with Gasteiger partial charge in [0.15, 0.2) is 0 Å². The topological polar surface area (TPSA) is 44.7 Å². The van der Waals surface area contributed by atoms with Gasteiger partial charge in [0.05, 0.1) is 11.2 Å². The molecule has 0 aliphatic carbocycles. The van der Waals surface area contributed by atoms with Gasteiger partial charge in [-0.25, -0.2) is 0 Å². The number of ether oxygens (including phenoxy) is 1. The van der Waals surface area contributed by atoms with E-state index in [1.54, 1.807) is 0 Å². The van der Waals surface area contributed by atoms with Crippen molar-refractivity contribution in [3.8, 4) is 0 Å². The molecule has 2 saturated heterocycles. The molecule has 0 bridgehead atoms. The highest BCUT2D eigenvalue weighted by atomic mass is 16.5. The number of aliphatic hydroxyl groups is 1. The van der Waals surface area contributed by atoms with E-state index in [4.69, 9.17) is 4.74 Å². The van der Waals surface area contributed by atoms with E-state index in [1.807, 2.05) is 0 Å². The lowest BCUT2D eigenvalue weighted by molar-refractivity contribution is -0.0793. The fraction of sp³-hybridized carbons (Fsp3) is 1.00. The van der Waals surface area contributed by atoms with Crippen molar-refractivity contribution in [2.75, 3.05) is 32.8 Å². The molecule has 3 unspecified atom stereocenters. The van der Waals surface area contributed by atoms with Gasteiger partial charge < -0.3 is 20.1 Å². The van der Waals surface area contributed by atoms with Gasteiger partial charge in [0.1, 0.15) is 0 Å². The van der Waals surface area contributed by atoms with Crippen LogP contribution in [0.5, 0.6) is 0 Å². The maximum Gasteiger partial charge on any atom is 0.0790 e. The van der Waals surface area contributed by atoms with Crippen LogP contribution in [0.3, 0.4) is 0 Å². The minimum absolute atomic E-state index is 0.105. The molecule has 2 N–H and O–H groups in total. The number of likely N-dealkylation sites (tertiary alicyclic amines) is 1. The van der Waals surface area contributed by atoms with E-state index >= 15 is 0 Å². The second-order valence-electron chi connectivity index (χ2n) is 7.94.